The molecule has 1 aromatic rings. The maximum absolute atomic E-state index is 12.2. The molecule has 11 nitrogen and oxygen atoms in total. The van der Waals surface area contributed by atoms with E-state index in [-0.39, 0.29) is 25.3 Å². The Morgan fingerprint density at radius 1 is 1.24 bits per heavy atom. The first-order valence-corrected chi connectivity index (χ1v) is 9.50. The highest BCUT2D eigenvalue weighted by Gasteiger charge is 2.49. The average Bonchev–Trinajstić information content (AvgIpc) is 3.18. The van der Waals surface area contributed by atoms with Crippen molar-refractivity contribution in [3.8, 4) is 0 Å². The number of esters is 2. The third kappa shape index (κ3) is 5.66. The van der Waals surface area contributed by atoms with Gasteiger partial charge in [0, 0.05) is 0 Å². The van der Waals surface area contributed by atoms with Crippen LogP contribution < -0.4 is 5.32 Å². The second kappa shape index (κ2) is 9.21. The second-order valence-corrected chi connectivity index (χ2v) is 7.63. The van der Waals surface area contributed by atoms with Crippen LogP contribution in [0.5, 0.6) is 0 Å². The summed E-state index contributed by atoms with van der Waals surface area (Å²) >= 11 is 0. The van der Waals surface area contributed by atoms with Gasteiger partial charge in [0.1, 0.15) is 11.6 Å². The van der Waals surface area contributed by atoms with Crippen LogP contribution in [0.2, 0.25) is 0 Å². The van der Waals surface area contributed by atoms with Gasteiger partial charge in [0.2, 0.25) is 0 Å². The number of aliphatic hydroxyl groups excluding tert-OH is 1. The number of nitrogens with zero attached hydrogens (tertiary/aromatic N) is 3. The Balaban J connectivity index is 2.27. The van der Waals surface area contributed by atoms with E-state index in [1.165, 1.54) is 10.9 Å². The van der Waals surface area contributed by atoms with Crippen LogP contribution in [0.3, 0.4) is 0 Å². The van der Waals surface area contributed by atoms with Gasteiger partial charge in [-0.25, -0.2) is 14.3 Å². The number of rotatable bonds is 6. The molecular formula is C18H28N4O7. The molecule has 0 saturated heterocycles. The molecule has 0 spiro atoms. The lowest BCUT2D eigenvalue weighted by atomic mass is 10.1. The van der Waals surface area contributed by atoms with Crippen LogP contribution in [0.25, 0.3) is 0 Å². The number of alkyl carbamates (subject to hydrolysis) is 1. The minimum absolute atomic E-state index is 0.0466. The number of aliphatic hydroxyl groups is 1. The van der Waals surface area contributed by atoms with Crippen molar-refractivity contribution < 1.29 is 33.7 Å². The zero-order chi connectivity index (χ0) is 21.8. The Morgan fingerprint density at radius 3 is 2.48 bits per heavy atom. The van der Waals surface area contributed by atoms with Crippen LogP contribution in [0.4, 0.5) is 4.79 Å². The number of amides is 1. The zero-order valence-electron chi connectivity index (χ0n) is 17.2. The molecule has 0 bridgehead atoms. The predicted octanol–water partition coefficient (Wildman–Crippen LogP) is 0.833. The summed E-state index contributed by atoms with van der Waals surface area (Å²) in [6.45, 7) is 8.82. The highest BCUT2D eigenvalue weighted by atomic mass is 16.6. The molecule has 162 valence electrons. The highest BCUT2D eigenvalue weighted by Crippen LogP contribution is 2.36. The molecule has 1 aliphatic carbocycles. The maximum Gasteiger partial charge on any atom is 0.407 e. The summed E-state index contributed by atoms with van der Waals surface area (Å²) in [6, 6.07) is -1.56. The molecule has 1 amide bonds. The van der Waals surface area contributed by atoms with E-state index in [1.54, 1.807) is 34.6 Å². The Labute approximate surface area is 168 Å². The molecule has 2 N–H and O–H groups in total. The summed E-state index contributed by atoms with van der Waals surface area (Å²) in [7, 11) is 0. The largest absolute Gasteiger partial charge is 0.466 e. The van der Waals surface area contributed by atoms with Crippen molar-refractivity contribution in [1.82, 2.24) is 20.3 Å². The minimum Gasteiger partial charge on any atom is -0.466 e. The zero-order valence-corrected chi connectivity index (χ0v) is 17.2. The van der Waals surface area contributed by atoms with Gasteiger partial charge in [0.25, 0.3) is 0 Å². The molecule has 4 atom stereocenters. The highest BCUT2D eigenvalue weighted by molar-refractivity contribution is 5.86. The summed E-state index contributed by atoms with van der Waals surface area (Å²) in [4.78, 5) is 36.4. The van der Waals surface area contributed by atoms with Crippen molar-refractivity contribution in [1.29, 1.82) is 0 Å². The Morgan fingerprint density at radius 2 is 1.90 bits per heavy atom. The first-order chi connectivity index (χ1) is 13.6. The monoisotopic (exact) mass is 412 g/mol. The third-order valence-corrected chi connectivity index (χ3v) is 4.27. The van der Waals surface area contributed by atoms with E-state index < -0.39 is 47.7 Å². The molecular weight excluding hydrogens is 384 g/mol. The summed E-state index contributed by atoms with van der Waals surface area (Å²) < 4.78 is 16.4. The van der Waals surface area contributed by atoms with Gasteiger partial charge < -0.3 is 24.6 Å². The van der Waals surface area contributed by atoms with E-state index in [9.17, 15) is 19.5 Å². The minimum atomic E-state index is -1.22. The number of ether oxygens (including phenoxy) is 3. The fraction of sp³-hybridized carbons (Fsp3) is 0.722. The number of hydrogen-bond donors (Lipinski definition) is 2. The Bertz CT molecular complexity index is 743. The van der Waals surface area contributed by atoms with Gasteiger partial charge in [-0.05, 0) is 41.0 Å². The summed E-state index contributed by atoms with van der Waals surface area (Å²) in [6.07, 6.45) is -0.498. The molecule has 0 aliphatic heterocycles. The Kier molecular flexibility index (Phi) is 7.17. The van der Waals surface area contributed by atoms with Crippen molar-refractivity contribution in [2.75, 3.05) is 13.2 Å². The fourth-order valence-electron chi connectivity index (χ4n) is 3.18. The number of aromatic nitrogens is 3. The third-order valence-electron chi connectivity index (χ3n) is 4.27. The lowest BCUT2D eigenvalue weighted by Gasteiger charge is -2.25. The van der Waals surface area contributed by atoms with Gasteiger partial charge in [-0.3, -0.25) is 4.79 Å². The Hall–Kier alpha value is -2.69. The topological polar surface area (TPSA) is 142 Å². The molecule has 1 heterocycles. The van der Waals surface area contributed by atoms with Crippen molar-refractivity contribution in [2.45, 2.75) is 64.8 Å². The molecule has 0 radical (unpaired) electrons. The molecule has 1 fully saturated rings. The van der Waals surface area contributed by atoms with Crippen molar-refractivity contribution in [3.05, 3.63) is 11.9 Å². The summed E-state index contributed by atoms with van der Waals surface area (Å²) in [5, 5.41) is 21.1. The molecule has 1 aromatic heterocycles. The van der Waals surface area contributed by atoms with Crippen LogP contribution in [-0.4, -0.2) is 69.1 Å². The van der Waals surface area contributed by atoms with E-state index in [2.05, 4.69) is 15.6 Å². The predicted molar refractivity (Wildman–Crippen MR) is 98.9 cm³/mol. The normalized spacial score (nSPS) is 24.1. The van der Waals surface area contributed by atoms with Gasteiger partial charge in [0.15, 0.2) is 5.69 Å². The first kappa shape index (κ1) is 22.6. The molecule has 2 rings (SSSR count). The second-order valence-electron chi connectivity index (χ2n) is 7.63. The van der Waals surface area contributed by atoms with E-state index in [0.29, 0.717) is 0 Å². The number of carbonyl (C=O) groups is 3. The van der Waals surface area contributed by atoms with E-state index in [4.69, 9.17) is 14.2 Å². The standard InChI is InChI=1S/C18H28N4O7/c1-6-27-15(24)10-8-11(19-17(26)29-18(3,4)5)13(14(10)23)22-9-12(20-21-22)16(25)28-7-2/h9-11,13-14,23H,6-8H2,1-5H3,(H,19,26)/t10-,11+,13-,14-/m1/s1. The quantitative estimate of drug-likeness (QED) is 0.513. The summed E-state index contributed by atoms with van der Waals surface area (Å²) in [5.41, 5.74) is -0.767. The van der Waals surface area contributed by atoms with E-state index >= 15 is 0 Å². The van der Waals surface area contributed by atoms with E-state index in [0.717, 1.165) is 0 Å². The van der Waals surface area contributed by atoms with Gasteiger partial charge in [-0.1, -0.05) is 5.21 Å². The van der Waals surface area contributed by atoms with Crippen LogP contribution in [-0.2, 0) is 19.0 Å². The molecule has 0 aromatic carbocycles. The van der Waals surface area contributed by atoms with Gasteiger partial charge >= 0.3 is 18.0 Å². The molecule has 29 heavy (non-hydrogen) atoms. The number of carbonyl (C=O) groups excluding carboxylic acids is 3. The van der Waals surface area contributed by atoms with Crippen molar-refractivity contribution in [2.24, 2.45) is 5.92 Å². The number of nitrogens with one attached hydrogen (secondary N) is 1. The van der Waals surface area contributed by atoms with Crippen molar-refractivity contribution in [3.63, 3.8) is 0 Å². The molecule has 1 aliphatic rings. The number of hydrogen-bond acceptors (Lipinski definition) is 9. The maximum atomic E-state index is 12.2. The summed E-state index contributed by atoms with van der Waals surface area (Å²) in [5.74, 6) is -2.12. The van der Waals surface area contributed by atoms with Crippen LogP contribution in [0, 0.1) is 5.92 Å². The van der Waals surface area contributed by atoms with Gasteiger partial charge in [-0.2, -0.15) is 0 Å². The SMILES string of the molecule is CCOC(=O)c1cn([C@H]2[C@H](O)[C@H](C(=O)OCC)C[C@@H]2NC(=O)OC(C)(C)C)nn1. The average molecular weight is 412 g/mol. The van der Waals surface area contributed by atoms with Crippen molar-refractivity contribution >= 4 is 18.0 Å². The lowest BCUT2D eigenvalue weighted by molar-refractivity contribution is -0.151. The van der Waals surface area contributed by atoms with Crippen LogP contribution >= 0.6 is 0 Å². The molecule has 11 heteroatoms. The van der Waals surface area contributed by atoms with Gasteiger partial charge in [-0.15, -0.1) is 5.10 Å². The first-order valence-electron chi connectivity index (χ1n) is 9.50. The van der Waals surface area contributed by atoms with Crippen LogP contribution in [0.15, 0.2) is 6.20 Å². The van der Waals surface area contributed by atoms with Crippen LogP contribution in [0.1, 0.15) is 57.6 Å². The molecule has 0 unspecified atom stereocenters. The lowest BCUT2D eigenvalue weighted by Crippen LogP contribution is -2.43. The smallest absolute Gasteiger partial charge is 0.407 e. The van der Waals surface area contributed by atoms with Gasteiger partial charge in [0.05, 0.1) is 37.5 Å². The molecule has 1 saturated carbocycles. The fourth-order valence-corrected chi connectivity index (χ4v) is 3.18. The van der Waals surface area contributed by atoms with E-state index in [1.807, 2.05) is 0 Å².